The van der Waals surface area contributed by atoms with Crippen molar-refractivity contribution >= 4 is 33.7 Å². The summed E-state index contributed by atoms with van der Waals surface area (Å²) in [5.74, 6) is -1.45. The molecule has 4 N–H and O–H groups in total. The zero-order chi connectivity index (χ0) is 23.7. The van der Waals surface area contributed by atoms with Gasteiger partial charge in [0.15, 0.2) is 6.10 Å². The Morgan fingerprint density at radius 2 is 1.94 bits per heavy atom. The average molecular weight is 450 g/mol. The Morgan fingerprint density at radius 1 is 1.15 bits per heavy atom. The standard InChI is InChI=1S/C24H22N2O7/c1-12-7-22(28)33-21-10-16(4-5-17(12)21)32-13(2)23(29)26-20(24(30)31)8-14-11-25-19-6-3-15(27)9-18(14)19/h3-7,9-11,13,20,25,27H,8H2,1-2H3,(H,26,29)(H,30,31)/t13-,20-/m0/s1. The van der Waals surface area contributed by atoms with Crippen LogP contribution in [0, 0.1) is 6.92 Å². The van der Waals surface area contributed by atoms with E-state index in [2.05, 4.69) is 10.3 Å². The van der Waals surface area contributed by atoms with Gasteiger partial charge >= 0.3 is 11.6 Å². The summed E-state index contributed by atoms with van der Waals surface area (Å²) in [5, 5.41) is 23.3. The number of aryl methyl sites for hydroxylation is 1. The maximum Gasteiger partial charge on any atom is 0.336 e. The van der Waals surface area contributed by atoms with E-state index < -0.39 is 29.6 Å². The third-order valence-electron chi connectivity index (χ3n) is 5.39. The number of hydrogen-bond donors (Lipinski definition) is 4. The number of fused-ring (bicyclic) bond motifs is 2. The van der Waals surface area contributed by atoms with E-state index in [1.54, 1.807) is 31.3 Å². The van der Waals surface area contributed by atoms with Gasteiger partial charge in [0.2, 0.25) is 0 Å². The lowest BCUT2D eigenvalue weighted by atomic mass is 10.0. The van der Waals surface area contributed by atoms with Gasteiger partial charge in [-0.1, -0.05) is 0 Å². The number of nitrogens with one attached hydrogen (secondary N) is 2. The first-order chi connectivity index (χ1) is 15.7. The molecule has 0 aliphatic rings. The van der Waals surface area contributed by atoms with Gasteiger partial charge in [0.05, 0.1) is 0 Å². The minimum absolute atomic E-state index is 0.0116. The number of benzene rings is 2. The molecule has 0 spiro atoms. The highest BCUT2D eigenvalue weighted by Gasteiger charge is 2.25. The highest BCUT2D eigenvalue weighted by atomic mass is 16.5. The highest BCUT2D eigenvalue weighted by Crippen LogP contribution is 2.25. The third kappa shape index (κ3) is 4.67. The summed E-state index contributed by atoms with van der Waals surface area (Å²) in [6.07, 6.45) is 0.655. The van der Waals surface area contributed by atoms with Gasteiger partial charge in [-0.2, -0.15) is 0 Å². The van der Waals surface area contributed by atoms with E-state index >= 15 is 0 Å². The number of phenolic OH excluding ortho intramolecular Hbond substituents is 1. The van der Waals surface area contributed by atoms with Gasteiger partial charge in [0, 0.05) is 41.0 Å². The molecule has 2 aromatic carbocycles. The van der Waals surface area contributed by atoms with Crippen LogP contribution in [0.25, 0.3) is 21.9 Å². The van der Waals surface area contributed by atoms with Crippen molar-refractivity contribution in [2.75, 3.05) is 0 Å². The predicted octanol–water partition coefficient (Wildman–Crippen LogP) is 2.87. The minimum Gasteiger partial charge on any atom is -0.508 e. The molecule has 0 saturated heterocycles. The summed E-state index contributed by atoms with van der Waals surface area (Å²) in [6.45, 7) is 3.28. The Hall–Kier alpha value is -4.27. The smallest absolute Gasteiger partial charge is 0.336 e. The molecule has 2 atom stereocenters. The summed E-state index contributed by atoms with van der Waals surface area (Å²) in [4.78, 5) is 39.1. The largest absolute Gasteiger partial charge is 0.508 e. The maximum absolute atomic E-state index is 12.7. The summed E-state index contributed by atoms with van der Waals surface area (Å²) in [6, 6.07) is 9.81. The van der Waals surface area contributed by atoms with Gasteiger partial charge in [0.25, 0.3) is 5.91 Å². The van der Waals surface area contributed by atoms with Crippen molar-refractivity contribution in [3.8, 4) is 11.5 Å². The Morgan fingerprint density at radius 3 is 2.70 bits per heavy atom. The van der Waals surface area contributed by atoms with Crippen LogP contribution in [0.3, 0.4) is 0 Å². The first kappa shape index (κ1) is 21.9. The molecule has 170 valence electrons. The van der Waals surface area contributed by atoms with Crippen molar-refractivity contribution < 1.29 is 29.0 Å². The first-order valence-corrected chi connectivity index (χ1v) is 10.2. The Balaban J connectivity index is 1.48. The number of carboxylic acids is 1. The fraction of sp³-hybridized carbons (Fsp3) is 0.208. The summed E-state index contributed by atoms with van der Waals surface area (Å²) in [7, 11) is 0. The molecule has 0 radical (unpaired) electrons. The lowest BCUT2D eigenvalue weighted by Gasteiger charge is -2.19. The van der Waals surface area contributed by atoms with Crippen molar-refractivity contribution in [1.29, 1.82) is 0 Å². The van der Waals surface area contributed by atoms with Gasteiger partial charge in [-0.3, -0.25) is 4.79 Å². The van der Waals surface area contributed by atoms with Crippen LogP contribution >= 0.6 is 0 Å². The van der Waals surface area contributed by atoms with Crippen LogP contribution < -0.4 is 15.7 Å². The van der Waals surface area contributed by atoms with E-state index in [1.165, 1.54) is 31.2 Å². The molecule has 4 rings (SSSR count). The van der Waals surface area contributed by atoms with Crippen molar-refractivity contribution in [3.63, 3.8) is 0 Å². The van der Waals surface area contributed by atoms with Crippen LogP contribution in [0.4, 0.5) is 0 Å². The molecule has 9 nitrogen and oxygen atoms in total. The second kappa shape index (κ2) is 8.70. The number of H-pyrrole nitrogens is 1. The van der Waals surface area contributed by atoms with Crippen LogP contribution in [0.5, 0.6) is 11.5 Å². The molecule has 0 saturated carbocycles. The van der Waals surface area contributed by atoms with Gasteiger partial charge in [-0.15, -0.1) is 0 Å². The molecule has 0 fully saturated rings. The van der Waals surface area contributed by atoms with Crippen LogP contribution in [0.1, 0.15) is 18.1 Å². The molecular formula is C24H22N2O7. The van der Waals surface area contributed by atoms with E-state index in [0.29, 0.717) is 22.3 Å². The minimum atomic E-state index is -1.21. The Labute approximate surface area is 187 Å². The van der Waals surface area contributed by atoms with Gasteiger partial charge < -0.3 is 29.7 Å². The van der Waals surface area contributed by atoms with Gasteiger partial charge in [0.1, 0.15) is 23.1 Å². The number of ether oxygens (including phenoxy) is 1. The quantitative estimate of drug-likeness (QED) is 0.317. The topological polar surface area (TPSA) is 142 Å². The number of amides is 1. The van der Waals surface area contributed by atoms with Crippen molar-refractivity contribution in [2.45, 2.75) is 32.4 Å². The molecule has 2 aromatic heterocycles. The monoisotopic (exact) mass is 450 g/mol. The fourth-order valence-electron chi connectivity index (χ4n) is 3.68. The molecule has 0 aliphatic carbocycles. The number of carboxylic acid groups (broad SMARTS) is 1. The van der Waals surface area contributed by atoms with Crippen LogP contribution in [0.15, 0.2) is 57.9 Å². The number of hydrogen-bond acceptors (Lipinski definition) is 6. The molecule has 0 aliphatic heterocycles. The number of carbonyl (C=O) groups is 2. The molecule has 4 aromatic rings. The predicted molar refractivity (Wildman–Crippen MR) is 121 cm³/mol. The van der Waals surface area contributed by atoms with Crippen LogP contribution in [0.2, 0.25) is 0 Å². The molecule has 0 bridgehead atoms. The Kier molecular flexibility index (Phi) is 5.78. The molecule has 33 heavy (non-hydrogen) atoms. The number of aromatic nitrogens is 1. The number of aliphatic carboxylic acids is 1. The average Bonchev–Trinajstić information content (AvgIpc) is 3.14. The van der Waals surface area contributed by atoms with E-state index in [0.717, 1.165) is 16.5 Å². The van der Waals surface area contributed by atoms with E-state index in [1.807, 2.05) is 0 Å². The van der Waals surface area contributed by atoms with E-state index in [-0.39, 0.29) is 12.2 Å². The number of rotatable bonds is 7. The third-order valence-corrected chi connectivity index (χ3v) is 5.39. The summed E-state index contributed by atoms with van der Waals surface area (Å²) >= 11 is 0. The van der Waals surface area contributed by atoms with Gasteiger partial charge in [-0.05, 0) is 55.3 Å². The summed E-state index contributed by atoms with van der Waals surface area (Å²) < 4.78 is 10.8. The van der Waals surface area contributed by atoms with Crippen molar-refractivity contribution in [3.05, 3.63) is 70.2 Å². The number of carbonyl (C=O) groups excluding carboxylic acids is 1. The normalized spacial score (nSPS) is 13.0. The molecule has 0 unspecified atom stereocenters. The van der Waals surface area contributed by atoms with Crippen molar-refractivity contribution in [2.24, 2.45) is 0 Å². The number of phenols is 1. The zero-order valence-electron chi connectivity index (χ0n) is 17.9. The van der Waals surface area contributed by atoms with Gasteiger partial charge in [-0.25, -0.2) is 9.59 Å². The number of aromatic amines is 1. The van der Waals surface area contributed by atoms with Crippen LogP contribution in [-0.2, 0) is 16.0 Å². The lowest BCUT2D eigenvalue weighted by Crippen LogP contribution is -2.47. The molecule has 2 heterocycles. The second-order valence-corrected chi connectivity index (χ2v) is 7.81. The second-order valence-electron chi connectivity index (χ2n) is 7.81. The molecular weight excluding hydrogens is 428 g/mol. The van der Waals surface area contributed by atoms with E-state index in [9.17, 15) is 24.6 Å². The van der Waals surface area contributed by atoms with Crippen LogP contribution in [-0.4, -0.2) is 39.2 Å². The molecule has 9 heteroatoms. The first-order valence-electron chi connectivity index (χ1n) is 10.2. The molecule has 1 amide bonds. The fourth-order valence-corrected chi connectivity index (χ4v) is 3.68. The van der Waals surface area contributed by atoms with E-state index in [4.69, 9.17) is 9.15 Å². The summed E-state index contributed by atoms with van der Waals surface area (Å²) in [5.41, 5.74) is 1.98. The number of aromatic hydroxyl groups is 1. The zero-order valence-corrected chi connectivity index (χ0v) is 17.9. The van der Waals surface area contributed by atoms with Crippen molar-refractivity contribution in [1.82, 2.24) is 10.3 Å². The maximum atomic E-state index is 12.7. The lowest BCUT2D eigenvalue weighted by molar-refractivity contribution is -0.142. The Bertz CT molecular complexity index is 1420. The highest BCUT2D eigenvalue weighted by molar-refractivity contribution is 5.89. The SMILES string of the molecule is Cc1cc(=O)oc2cc(O[C@@H](C)C(=O)N[C@@H](Cc3c[nH]c4ccc(O)cc34)C(=O)O)ccc12.